The molecule has 1 fully saturated rings. The van der Waals surface area contributed by atoms with Gasteiger partial charge in [-0.25, -0.2) is 0 Å². The number of amides is 1. The molecular formula is C19H25ClN4O. The monoisotopic (exact) mass is 360 g/mol. The smallest absolute Gasteiger partial charge is 0.230 e. The summed E-state index contributed by atoms with van der Waals surface area (Å²) in [6.07, 6.45) is 7.40. The van der Waals surface area contributed by atoms with Gasteiger partial charge in [0.1, 0.15) is 0 Å². The van der Waals surface area contributed by atoms with Crippen LogP contribution in [0.2, 0.25) is 5.02 Å². The van der Waals surface area contributed by atoms with Crippen molar-refractivity contribution in [2.24, 2.45) is 5.92 Å². The molecular weight excluding hydrogens is 336 g/mol. The number of aromatic nitrogens is 3. The van der Waals surface area contributed by atoms with Gasteiger partial charge in [-0.15, -0.1) is 5.10 Å². The summed E-state index contributed by atoms with van der Waals surface area (Å²) in [6.45, 7) is 4.86. The van der Waals surface area contributed by atoms with Gasteiger partial charge >= 0.3 is 0 Å². The predicted octanol–water partition coefficient (Wildman–Crippen LogP) is 3.58. The quantitative estimate of drug-likeness (QED) is 0.856. The lowest BCUT2D eigenvalue weighted by molar-refractivity contribution is -0.127. The lowest BCUT2D eigenvalue weighted by Gasteiger charge is -2.32. The molecule has 0 aliphatic heterocycles. The van der Waals surface area contributed by atoms with E-state index in [1.54, 1.807) is 10.9 Å². The van der Waals surface area contributed by atoms with E-state index in [1.165, 1.54) is 0 Å². The van der Waals surface area contributed by atoms with E-state index in [0.717, 1.165) is 31.2 Å². The van der Waals surface area contributed by atoms with Gasteiger partial charge in [-0.2, -0.15) is 0 Å². The van der Waals surface area contributed by atoms with Gasteiger partial charge in [-0.05, 0) is 36.5 Å². The fourth-order valence-corrected chi connectivity index (χ4v) is 3.78. The van der Waals surface area contributed by atoms with Crippen LogP contribution < -0.4 is 5.32 Å². The third kappa shape index (κ3) is 3.87. The molecule has 0 saturated heterocycles. The van der Waals surface area contributed by atoms with Gasteiger partial charge in [0.05, 0.1) is 24.2 Å². The molecule has 1 N–H and O–H groups in total. The second-order valence-corrected chi connectivity index (χ2v) is 7.68. The Labute approximate surface area is 153 Å². The first-order valence-corrected chi connectivity index (χ1v) is 9.30. The van der Waals surface area contributed by atoms with Crippen LogP contribution in [0.5, 0.6) is 0 Å². The van der Waals surface area contributed by atoms with Gasteiger partial charge in [0.25, 0.3) is 0 Å². The molecule has 0 bridgehead atoms. The first-order chi connectivity index (χ1) is 12.0. The van der Waals surface area contributed by atoms with Crippen LogP contribution in [0.4, 0.5) is 0 Å². The van der Waals surface area contributed by atoms with Gasteiger partial charge in [0.2, 0.25) is 5.91 Å². The first-order valence-electron chi connectivity index (χ1n) is 8.92. The molecule has 3 rings (SSSR count). The van der Waals surface area contributed by atoms with Crippen LogP contribution in [0.15, 0.2) is 36.7 Å². The van der Waals surface area contributed by atoms with E-state index in [2.05, 4.69) is 29.5 Å². The molecule has 1 aromatic carbocycles. The third-order valence-corrected chi connectivity index (χ3v) is 5.52. The number of rotatable bonds is 6. The van der Waals surface area contributed by atoms with Crippen molar-refractivity contribution in [3.63, 3.8) is 0 Å². The van der Waals surface area contributed by atoms with Gasteiger partial charge in [0, 0.05) is 11.2 Å². The third-order valence-electron chi connectivity index (χ3n) is 5.27. The van der Waals surface area contributed by atoms with Crippen LogP contribution in [0, 0.1) is 5.92 Å². The molecule has 1 saturated carbocycles. The van der Waals surface area contributed by atoms with Crippen LogP contribution in [0.3, 0.4) is 0 Å². The van der Waals surface area contributed by atoms with Crippen LogP contribution in [0.25, 0.3) is 0 Å². The van der Waals surface area contributed by atoms with Crippen molar-refractivity contribution in [2.75, 3.05) is 0 Å². The molecule has 1 aromatic heterocycles. The van der Waals surface area contributed by atoms with Crippen molar-refractivity contribution in [1.82, 2.24) is 20.3 Å². The molecule has 1 atom stereocenters. The van der Waals surface area contributed by atoms with Crippen molar-refractivity contribution < 1.29 is 4.79 Å². The molecule has 2 aromatic rings. The number of carbonyl (C=O) groups excluding carboxylic acids is 1. The average Bonchev–Trinajstić information content (AvgIpc) is 3.27. The van der Waals surface area contributed by atoms with Gasteiger partial charge in [-0.3, -0.25) is 9.48 Å². The highest BCUT2D eigenvalue weighted by molar-refractivity contribution is 6.30. The van der Waals surface area contributed by atoms with Crippen molar-refractivity contribution in [1.29, 1.82) is 0 Å². The Hall–Kier alpha value is -1.88. The minimum Gasteiger partial charge on any atom is -0.350 e. The maximum Gasteiger partial charge on any atom is 0.230 e. The molecule has 0 radical (unpaired) electrons. The van der Waals surface area contributed by atoms with Crippen molar-refractivity contribution in [2.45, 2.75) is 57.5 Å². The number of nitrogens with zero attached hydrogens (tertiary/aromatic N) is 3. The zero-order chi connectivity index (χ0) is 17.9. The molecule has 134 valence electrons. The minimum absolute atomic E-state index is 0.0129. The van der Waals surface area contributed by atoms with Gasteiger partial charge < -0.3 is 5.32 Å². The predicted molar refractivity (Wildman–Crippen MR) is 98.4 cm³/mol. The number of hydrogen-bond acceptors (Lipinski definition) is 3. The Morgan fingerprint density at radius 3 is 2.52 bits per heavy atom. The second kappa shape index (κ2) is 7.56. The lowest BCUT2D eigenvalue weighted by Crippen LogP contribution is -2.50. The molecule has 1 amide bonds. The van der Waals surface area contributed by atoms with E-state index >= 15 is 0 Å². The van der Waals surface area contributed by atoms with E-state index in [9.17, 15) is 4.79 Å². The van der Waals surface area contributed by atoms with Crippen LogP contribution in [-0.2, 0) is 16.8 Å². The number of hydrogen-bond donors (Lipinski definition) is 1. The largest absolute Gasteiger partial charge is 0.350 e. The second-order valence-electron chi connectivity index (χ2n) is 7.25. The van der Waals surface area contributed by atoms with Crippen LogP contribution >= 0.6 is 11.6 Å². The maximum absolute atomic E-state index is 13.3. The normalized spacial score (nSPS) is 17.6. The highest BCUT2D eigenvalue weighted by atomic mass is 35.5. The molecule has 5 nitrogen and oxygen atoms in total. The molecule has 1 unspecified atom stereocenters. The molecule has 1 aliphatic rings. The Morgan fingerprint density at radius 1 is 1.28 bits per heavy atom. The Bertz CT molecular complexity index is 691. The van der Waals surface area contributed by atoms with E-state index in [0.29, 0.717) is 17.5 Å². The summed E-state index contributed by atoms with van der Waals surface area (Å²) in [7, 11) is 0. The van der Waals surface area contributed by atoms with Crippen LogP contribution in [0.1, 0.15) is 45.1 Å². The van der Waals surface area contributed by atoms with E-state index in [1.807, 2.05) is 30.5 Å². The standard InChI is InChI=1S/C19H25ClN4O/c1-14(2)17(13-24-12-11-21-23-24)22-18(25)19(9-3-4-10-19)15-5-7-16(20)8-6-15/h5-8,11-12,14,17H,3-4,9-10,13H2,1-2H3,(H,22,25). The summed E-state index contributed by atoms with van der Waals surface area (Å²) >= 11 is 6.03. The van der Waals surface area contributed by atoms with Crippen molar-refractivity contribution >= 4 is 17.5 Å². The number of benzene rings is 1. The fourth-order valence-electron chi connectivity index (χ4n) is 3.66. The Kier molecular flexibility index (Phi) is 5.42. The lowest BCUT2D eigenvalue weighted by atomic mass is 9.77. The van der Waals surface area contributed by atoms with E-state index in [4.69, 9.17) is 11.6 Å². The van der Waals surface area contributed by atoms with Crippen LogP contribution in [-0.4, -0.2) is 26.9 Å². The zero-order valence-electron chi connectivity index (χ0n) is 14.8. The molecule has 0 spiro atoms. The van der Waals surface area contributed by atoms with Crippen molar-refractivity contribution in [3.05, 3.63) is 47.2 Å². The van der Waals surface area contributed by atoms with Gasteiger partial charge in [-0.1, -0.05) is 55.6 Å². The maximum atomic E-state index is 13.3. The topological polar surface area (TPSA) is 59.8 Å². The summed E-state index contributed by atoms with van der Waals surface area (Å²) in [6, 6.07) is 7.75. The average molecular weight is 361 g/mol. The minimum atomic E-state index is -0.444. The number of nitrogens with one attached hydrogen (secondary N) is 1. The SMILES string of the molecule is CC(C)C(Cn1ccnn1)NC(=O)C1(c2ccc(Cl)cc2)CCCC1. The summed E-state index contributed by atoms with van der Waals surface area (Å²) in [5.74, 6) is 0.419. The number of carbonyl (C=O) groups is 1. The summed E-state index contributed by atoms with van der Waals surface area (Å²) in [4.78, 5) is 13.3. The Morgan fingerprint density at radius 2 is 1.96 bits per heavy atom. The summed E-state index contributed by atoms with van der Waals surface area (Å²) in [5.41, 5.74) is 0.621. The number of halogens is 1. The molecule has 1 heterocycles. The highest BCUT2D eigenvalue weighted by Crippen LogP contribution is 2.41. The first kappa shape index (κ1) is 17.9. The summed E-state index contributed by atoms with van der Waals surface area (Å²) < 4.78 is 1.77. The fraction of sp³-hybridized carbons (Fsp3) is 0.526. The van der Waals surface area contributed by atoms with E-state index < -0.39 is 5.41 Å². The molecule has 25 heavy (non-hydrogen) atoms. The molecule has 1 aliphatic carbocycles. The Balaban J connectivity index is 1.81. The van der Waals surface area contributed by atoms with E-state index in [-0.39, 0.29) is 11.9 Å². The highest BCUT2D eigenvalue weighted by Gasteiger charge is 2.43. The summed E-state index contributed by atoms with van der Waals surface area (Å²) in [5, 5.41) is 11.9. The van der Waals surface area contributed by atoms with Crippen molar-refractivity contribution in [3.8, 4) is 0 Å². The molecule has 6 heteroatoms. The zero-order valence-corrected chi connectivity index (χ0v) is 15.5. The van der Waals surface area contributed by atoms with Gasteiger partial charge in [0.15, 0.2) is 0 Å².